The molecule has 98 valence electrons. The van der Waals surface area contributed by atoms with E-state index in [0.29, 0.717) is 0 Å². The number of fused-ring (bicyclic) bond motifs is 1. The van der Waals surface area contributed by atoms with E-state index in [9.17, 15) is 0 Å². The van der Waals surface area contributed by atoms with Gasteiger partial charge in [-0.05, 0) is 16.8 Å². The molecule has 0 saturated carbocycles. The summed E-state index contributed by atoms with van der Waals surface area (Å²) in [5.74, 6) is 1.06. The number of hydrogen-bond acceptors (Lipinski definition) is 1. The second kappa shape index (κ2) is 6.59. The van der Waals surface area contributed by atoms with Gasteiger partial charge in [0, 0.05) is 11.5 Å². The van der Waals surface area contributed by atoms with Crippen LogP contribution in [0.1, 0.15) is 0 Å². The highest BCUT2D eigenvalue weighted by atomic mass is 35.5. The molecule has 1 nitrogen and oxygen atoms in total. The van der Waals surface area contributed by atoms with E-state index in [0.717, 1.165) is 5.88 Å². The molecule has 0 unspecified atom stereocenters. The summed E-state index contributed by atoms with van der Waals surface area (Å²) in [6.07, 6.45) is 4.42. The summed E-state index contributed by atoms with van der Waals surface area (Å²) in [5.41, 5.74) is 0. The molecule has 4 heteroatoms. The Morgan fingerprint density at radius 2 is 1.72 bits per heavy atom. The Morgan fingerprint density at radius 3 is 2.39 bits per heavy atom. The highest BCUT2D eigenvalue weighted by Crippen LogP contribution is 2.13. The fraction of sp³-hybridized carbons (Fsp3) is 0.357. The summed E-state index contributed by atoms with van der Waals surface area (Å²) in [6.45, 7) is 7.27. The van der Waals surface area contributed by atoms with Crippen molar-refractivity contribution in [3.8, 4) is 0 Å². The van der Waals surface area contributed by atoms with E-state index in [-0.39, 0.29) is 12.4 Å². The molecule has 0 spiro atoms. The molecule has 2 rings (SSSR count). The van der Waals surface area contributed by atoms with E-state index in [4.69, 9.17) is 0 Å². The summed E-state index contributed by atoms with van der Waals surface area (Å²) < 4.78 is 2.28. The number of hydrogen-bond donors (Lipinski definition) is 0. The van der Waals surface area contributed by atoms with Gasteiger partial charge in [0.2, 0.25) is 0 Å². The Bertz CT molecular complexity index is 510. The second-order valence-electron chi connectivity index (χ2n) is 5.63. The fourth-order valence-corrected chi connectivity index (χ4v) is 4.90. The molecule has 0 saturated heterocycles. The van der Waals surface area contributed by atoms with Crippen molar-refractivity contribution in [3.05, 3.63) is 42.7 Å². The van der Waals surface area contributed by atoms with Crippen LogP contribution in [0, 0.1) is 0 Å². The molecule has 0 aliphatic rings. The lowest BCUT2D eigenvalue weighted by Crippen LogP contribution is -3.00. The lowest BCUT2D eigenvalue weighted by Gasteiger charge is -2.13. The SMILES string of the molecule is C[Si](C)(C)CSC[n+]1ccc2ccccc2c1.[Cl-]. The van der Waals surface area contributed by atoms with Gasteiger partial charge >= 0.3 is 0 Å². The van der Waals surface area contributed by atoms with Crippen LogP contribution in [0.15, 0.2) is 42.7 Å². The van der Waals surface area contributed by atoms with Crippen molar-refractivity contribution in [2.75, 3.05) is 5.38 Å². The molecule has 0 bridgehead atoms. The first-order chi connectivity index (χ1) is 8.04. The first-order valence-electron chi connectivity index (χ1n) is 6.00. The number of halogens is 1. The number of nitrogens with zero attached hydrogens (tertiary/aromatic N) is 1. The van der Waals surface area contributed by atoms with Crippen LogP contribution in [0.3, 0.4) is 0 Å². The molecule has 1 aromatic heterocycles. The van der Waals surface area contributed by atoms with Crippen molar-refractivity contribution in [1.82, 2.24) is 0 Å². The number of thioether (sulfide) groups is 1. The number of benzene rings is 1. The zero-order valence-corrected chi connectivity index (χ0v) is 13.8. The number of rotatable bonds is 4. The zero-order valence-electron chi connectivity index (χ0n) is 11.2. The lowest BCUT2D eigenvalue weighted by molar-refractivity contribution is -0.674. The smallest absolute Gasteiger partial charge is 0.194 e. The highest BCUT2D eigenvalue weighted by Gasteiger charge is 2.14. The topological polar surface area (TPSA) is 3.88 Å². The maximum Gasteiger partial charge on any atom is 0.194 e. The van der Waals surface area contributed by atoms with Crippen LogP contribution in [0.2, 0.25) is 19.6 Å². The van der Waals surface area contributed by atoms with Crippen molar-refractivity contribution in [3.63, 3.8) is 0 Å². The molecule has 0 N–H and O–H groups in total. The van der Waals surface area contributed by atoms with Crippen molar-refractivity contribution in [1.29, 1.82) is 0 Å². The van der Waals surface area contributed by atoms with Crippen LogP contribution in [0.4, 0.5) is 0 Å². The van der Waals surface area contributed by atoms with E-state index in [1.165, 1.54) is 16.1 Å². The van der Waals surface area contributed by atoms with Crippen LogP contribution >= 0.6 is 11.8 Å². The third kappa shape index (κ3) is 4.63. The lowest BCUT2D eigenvalue weighted by atomic mass is 10.2. The predicted molar refractivity (Wildman–Crippen MR) is 79.9 cm³/mol. The van der Waals surface area contributed by atoms with Crippen molar-refractivity contribution >= 4 is 30.6 Å². The van der Waals surface area contributed by atoms with E-state index < -0.39 is 8.07 Å². The molecule has 0 aliphatic carbocycles. The van der Waals surface area contributed by atoms with Gasteiger partial charge in [0.25, 0.3) is 0 Å². The number of pyridine rings is 1. The molecule has 0 amide bonds. The molecular formula is C14H20ClNSSi. The molecule has 2 aromatic rings. The minimum absolute atomic E-state index is 0. The molecule has 0 fully saturated rings. The van der Waals surface area contributed by atoms with Crippen LogP contribution in [0.25, 0.3) is 10.8 Å². The fourth-order valence-electron chi connectivity index (χ4n) is 1.72. The standard InChI is InChI=1S/C14H20NSSi.ClH/c1-17(2,3)12-16-11-15-9-8-13-6-4-5-7-14(13)10-15;/h4-10H,11-12H2,1-3H3;1H/q+1;/p-1. The molecule has 18 heavy (non-hydrogen) atoms. The van der Waals surface area contributed by atoms with E-state index >= 15 is 0 Å². The van der Waals surface area contributed by atoms with Crippen molar-refractivity contribution in [2.24, 2.45) is 0 Å². The van der Waals surface area contributed by atoms with Crippen molar-refractivity contribution in [2.45, 2.75) is 25.5 Å². The van der Waals surface area contributed by atoms with E-state index in [1.807, 2.05) is 11.8 Å². The van der Waals surface area contributed by atoms with E-state index in [2.05, 4.69) is 66.9 Å². The summed E-state index contributed by atoms with van der Waals surface area (Å²) in [5, 5.41) is 3.97. The number of aromatic nitrogens is 1. The molecule has 1 aromatic carbocycles. The molecular weight excluding hydrogens is 278 g/mol. The zero-order chi connectivity index (χ0) is 12.3. The normalized spacial score (nSPS) is 11.3. The summed E-state index contributed by atoms with van der Waals surface area (Å²) >= 11 is 2.05. The van der Waals surface area contributed by atoms with Gasteiger partial charge in [-0.3, -0.25) is 0 Å². The summed E-state index contributed by atoms with van der Waals surface area (Å²) in [4.78, 5) is 0. The third-order valence-corrected chi connectivity index (χ3v) is 7.28. The van der Waals surface area contributed by atoms with Gasteiger partial charge in [0.05, 0.1) is 8.07 Å². The van der Waals surface area contributed by atoms with Gasteiger partial charge in [-0.1, -0.05) is 49.6 Å². The van der Waals surface area contributed by atoms with E-state index in [1.54, 1.807) is 0 Å². The van der Waals surface area contributed by atoms with Gasteiger partial charge in [-0.25, -0.2) is 0 Å². The monoisotopic (exact) mass is 297 g/mol. The Hall–Kier alpha value is -0.513. The average Bonchev–Trinajstić information content (AvgIpc) is 2.27. The molecule has 0 aliphatic heterocycles. The maximum absolute atomic E-state index is 2.42. The Labute approximate surface area is 121 Å². The predicted octanol–water partition coefficient (Wildman–Crippen LogP) is 0.699. The Morgan fingerprint density at radius 1 is 1.06 bits per heavy atom. The van der Waals surface area contributed by atoms with Gasteiger partial charge in [-0.2, -0.15) is 4.57 Å². The first kappa shape index (κ1) is 15.5. The summed E-state index contributed by atoms with van der Waals surface area (Å²) in [7, 11) is -0.915. The van der Waals surface area contributed by atoms with Crippen LogP contribution < -0.4 is 17.0 Å². The average molecular weight is 298 g/mol. The molecule has 0 radical (unpaired) electrons. The molecule has 0 atom stereocenters. The van der Waals surface area contributed by atoms with Gasteiger partial charge in [-0.15, -0.1) is 0 Å². The second-order valence-corrected chi connectivity index (χ2v) is 12.6. The highest BCUT2D eigenvalue weighted by molar-refractivity contribution is 7.99. The first-order valence-corrected chi connectivity index (χ1v) is 10.9. The van der Waals surface area contributed by atoms with Crippen LogP contribution in [-0.4, -0.2) is 13.5 Å². The van der Waals surface area contributed by atoms with Gasteiger partial charge in [0.1, 0.15) is 0 Å². The minimum Gasteiger partial charge on any atom is -1.00 e. The van der Waals surface area contributed by atoms with Gasteiger partial charge in [0.15, 0.2) is 18.3 Å². The minimum atomic E-state index is -0.915. The Kier molecular flexibility index (Phi) is 5.69. The third-order valence-electron chi connectivity index (χ3n) is 2.52. The Balaban J connectivity index is 0.00000162. The summed E-state index contributed by atoms with van der Waals surface area (Å²) in [6, 6.07) is 10.7. The largest absolute Gasteiger partial charge is 1.00 e. The van der Waals surface area contributed by atoms with Crippen LogP contribution in [0.5, 0.6) is 0 Å². The van der Waals surface area contributed by atoms with Gasteiger partial charge < -0.3 is 12.4 Å². The quantitative estimate of drug-likeness (QED) is 0.594. The van der Waals surface area contributed by atoms with Crippen molar-refractivity contribution < 1.29 is 17.0 Å². The molecule has 1 heterocycles. The maximum atomic E-state index is 2.42. The van der Waals surface area contributed by atoms with Crippen LogP contribution in [-0.2, 0) is 5.88 Å².